The Hall–Kier alpha value is -2.54. The molecule has 1 aromatic heterocycles. The zero-order valence-corrected chi connectivity index (χ0v) is 15.8. The molecule has 4 atom stereocenters. The van der Waals surface area contributed by atoms with Crippen LogP contribution < -0.4 is 4.90 Å². The molecule has 7 nitrogen and oxygen atoms in total. The SMILES string of the molecule is O=C(c1cccnc1)N1CC[NH+](CCN2C(=O)[C@@H]3[C@H](C2=O)[C@@H]2C=C[C@H]3C2)CC1. The van der Waals surface area contributed by atoms with E-state index in [2.05, 4.69) is 17.1 Å². The van der Waals surface area contributed by atoms with Crippen molar-refractivity contribution in [1.82, 2.24) is 14.8 Å². The summed E-state index contributed by atoms with van der Waals surface area (Å²) in [5, 5.41) is 0. The molecule has 2 aliphatic heterocycles. The lowest BCUT2D eigenvalue weighted by atomic mass is 9.85. The summed E-state index contributed by atoms with van der Waals surface area (Å²) in [5.74, 6) is 0.427. The molecule has 0 unspecified atom stereocenters. The van der Waals surface area contributed by atoms with Crippen LogP contribution in [0.25, 0.3) is 0 Å². The number of imide groups is 1. The molecule has 146 valence electrons. The zero-order valence-electron chi connectivity index (χ0n) is 15.8. The number of fused-ring (bicyclic) bond motifs is 5. The van der Waals surface area contributed by atoms with Gasteiger partial charge in [-0.2, -0.15) is 0 Å². The zero-order chi connectivity index (χ0) is 19.3. The van der Waals surface area contributed by atoms with Gasteiger partial charge in [0, 0.05) is 12.4 Å². The van der Waals surface area contributed by atoms with E-state index in [0.717, 1.165) is 26.1 Å². The van der Waals surface area contributed by atoms with Crippen LogP contribution in [0, 0.1) is 23.7 Å². The first kappa shape index (κ1) is 17.6. The maximum absolute atomic E-state index is 12.8. The third-order valence-corrected chi connectivity index (χ3v) is 6.92. The summed E-state index contributed by atoms with van der Waals surface area (Å²) in [6.07, 6.45) is 8.49. The molecule has 2 bridgehead atoms. The van der Waals surface area contributed by atoms with Crippen LogP contribution in [0.1, 0.15) is 16.8 Å². The molecular formula is C21H25N4O3+. The predicted octanol–water partition coefficient (Wildman–Crippen LogP) is -0.771. The van der Waals surface area contributed by atoms with E-state index in [0.29, 0.717) is 25.2 Å². The molecule has 2 aliphatic carbocycles. The van der Waals surface area contributed by atoms with Crippen molar-refractivity contribution in [2.75, 3.05) is 39.3 Å². The number of piperazine rings is 1. The minimum atomic E-state index is -0.105. The van der Waals surface area contributed by atoms with Gasteiger partial charge in [-0.15, -0.1) is 0 Å². The molecule has 1 aromatic rings. The Balaban J connectivity index is 1.14. The molecule has 0 spiro atoms. The largest absolute Gasteiger partial charge is 0.331 e. The van der Waals surface area contributed by atoms with Crippen molar-refractivity contribution in [3.05, 3.63) is 42.2 Å². The first-order valence-corrected chi connectivity index (χ1v) is 10.2. The number of nitrogens with zero attached hydrogens (tertiary/aromatic N) is 3. The molecule has 0 aromatic carbocycles. The molecule has 7 heteroatoms. The van der Waals surface area contributed by atoms with Crippen molar-refractivity contribution in [1.29, 1.82) is 0 Å². The fourth-order valence-electron chi connectivity index (χ4n) is 5.40. The van der Waals surface area contributed by atoms with E-state index in [1.165, 1.54) is 9.80 Å². The topological polar surface area (TPSA) is 75.0 Å². The Morgan fingerprint density at radius 2 is 1.79 bits per heavy atom. The van der Waals surface area contributed by atoms with E-state index in [9.17, 15) is 14.4 Å². The van der Waals surface area contributed by atoms with Gasteiger partial charge in [0.25, 0.3) is 5.91 Å². The Bertz CT molecular complexity index is 801. The lowest BCUT2D eigenvalue weighted by Gasteiger charge is -2.33. The maximum Gasteiger partial charge on any atom is 0.255 e. The summed E-state index contributed by atoms with van der Waals surface area (Å²) in [7, 11) is 0. The smallest absolute Gasteiger partial charge is 0.255 e. The standard InChI is InChI=1S/C21H24N4O3/c26-19(16-2-1-5-22-13-16)24-9-6-23(7-10-24)8-11-25-20(27)17-14-3-4-15(12-14)18(17)21(25)28/h1-5,13-15,17-18H,6-12H2/p+1/t14-,15+,17-,18+. The summed E-state index contributed by atoms with van der Waals surface area (Å²) in [4.78, 5) is 46.8. The van der Waals surface area contributed by atoms with Crippen LogP contribution in [0.5, 0.6) is 0 Å². The van der Waals surface area contributed by atoms with Crippen LogP contribution in [0.3, 0.4) is 0 Å². The Labute approximate surface area is 164 Å². The lowest BCUT2D eigenvalue weighted by Crippen LogP contribution is -3.15. The van der Waals surface area contributed by atoms with E-state index >= 15 is 0 Å². The van der Waals surface area contributed by atoms with Crippen molar-refractivity contribution in [3.8, 4) is 0 Å². The number of pyridine rings is 1. The van der Waals surface area contributed by atoms with E-state index < -0.39 is 0 Å². The second kappa shape index (κ2) is 6.81. The van der Waals surface area contributed by atoms with Crippen LogP contribution in [0.2, 0.25) is 0 Å². The third kappa shape index (κ3) is 2.76. The van der Waals surface area contributed by atoms with Gasteiger partial charge < -0.3 is 9.80 Å². The number of carbonyl (C=O) groups is 3. The molecule has 1 N–H and O–H groups in total. The number of amides is 3. The molecule has 2 saturated heterocycles. The van der Waals surface area contributed by atoms with Gasteiger partial charge in [0.05, 0.1) is 56.7 Å². The second-order valence-corrected chi connectivity index (χ2v) is 8.36. The van der Waals surface area contributed by atoms with Crippen molar-refractivity contribution >= 4 is 17.7 Å². The van der Waals surface area contributed by atoms with Crippen molar-refractivity contribution in [3.63, 3.8) is 0 Å². The van der Waals surface area contributed by atoms with Gasteiger partial charge in [-0.05, 0) is 30.4 Å². The second-order valence-electron chi connectivity index (χ2n) is 8.36. The van der Waals surface area contributed by atoms with E-state index in [-0.39, 0.29) is 41.4 Å². The number of nitrogens with one attached hydrogen (secondary N) is 1. The molecule has 28 heavy (non-hydrogen) atoms. The molecule has 5 rings (SSSR count). The number of aromatic nitrogens is 1. The van der Waals surface area contributed by atoms with Crippen molar-refractivity contribution in [2.24, 2.45) is 23.7 Å². The number of allylic oxidation sites excluding steroid dienone is 2. The first-order chi connectivity index (χ1) is 13.6. The highest BCUT2D eigenvalue weighted by Gasteiger charge is 2.59. The van der Waals surface area contributed by atoms with Crippen LogP contribution in [-0.4, -0.2) is 71.8 Å². The van der Waals surface area contributed by atoms with Crippen LogP contribution in [0.4, 0.5) is 0 Å². The van der Waals surface area contributed by atoms with Gasteiger partial charge >= 0.3 is 0 Å². The van der Waals surface area contributed by atoms with E-state index in [1.807, 2.05) is 4.90 Å². The number of rotatable bonds is 4. The molecule has 4 aliphatic rings. The van der Waals surface area contributed by atoms with Gasteiger partial charge in [-0.25, -0.2) is 0 Å². The molecule has 0 radical (unpaired) electrons. The van der Waals surface area contributed by atoms with Gasteiger partial charge in [-0.3, -0.25) is 24.3 Å². The Morgan fingerprint density at radius 3 is 2.39 bits per heavy atom. The minimum absolute atomic E-state index is 0.0212. The lowest BCUT2D eigenvalue weighted by molar-refractivity contribution is -0.903. The number of likely N-dealkylation sites (tertiary alicyclic amines) is 1. The molecule has 3 heterocycles. The maximum atomic E-state index is 12.8. The molecular weight excluding hydrogens is 356 g/mol. The summed E-state index contributed by atoms with van der Waals surface area (Å²) >= 11 is 0. The summed E-state index contributed by atoms with van der Waals surface area (Å²) < 4.78 is 0. The van der Waals surface area contributed by atoms with Gasteiger partial charge in [0.1, 0.15) is 0 Å². The monoisotopic (exact) mass is 381 g/mol. The molecule has 3 amide bonds. The molecule has 1 saturated carbocycles. The highest BCUT2D eigenvalue weighted by molar-refractivity contribution is 6.06. The quantitative estimate of drug-likeness (QED) is 0.549. The highest BCUT2D eigenvalue weighted by Crippen LogP contribution is 2.52. The molecule has 3 fully saturated rings. The fraction of sp³-hybridized carbons (Fsp3) is 0.524. The summed E-state index contributed by atoms with van der Waals surface area (Å²) in [6, 6.07) is 3.56. The summed E-state index contributed by atoms with van der Waals surface area (Å²) in [5.41, 5.74) is 0.619. The fourth-order valence-corrected chi connectivity index (χ4v) is 5.40. The van der Waals surface area contributed by atoms with Gasteiger partial charge in [0.2, 0.25) is 11.8 Å². The van der Waals surface area contributed by atoms with E-state index in [1.54, 1.807) is 24.5 Å². The average Bonchev–Trinajstić information content (AvgIpc) is 3.41. The van der Waals surface area contributed by atoms with Gasteiger partial charge in [-0.1, -0.05) is 12.2 Å². The van der Waals surface area contributed by atoms with Gasteiger partial charge in [0.15, 0.2) is 0 Å². The predicted molar refractivity (Wildman–Crippen MR) is 100 cm³/mol. The summed E-state index contributed by atoms with van der Waals surface area (Å²) in [6.45, 7) is 4.29. The third-order valence-electron chi connectivity index (χ3n) is 6.92. The van der Waals surface area contributed by atoms with Crippen LogP contribution in [0.15, 0.2) is 36.7 Å². The minimum Gasteiger partial charge on any atom is -0.331 e. The van der Waals surface area contributed by atoms with Crippen molar-refractivity contribution in [2.45, 2.75) is 6.42 Å². The number of hydrogen-bond acceptors (Lipinski definition) is 4. The van der Waals surface area contributed by atoms with Crippen LogP contribution >= 0.6 is 0 Å². The Kier molecular flexibility index (Phi) is 4.27. The van der Waals surface area contributed by atoms with Crippen LogP contribution in [-0.2, 0) is 9.59 Å². The normalized spacial score (nSPS) is 31.7. The highest BCUT2D eigenvalue weighted by atomic mass is 16.2. The average molecular weight is 381 g/mol. The first-order valence-electron chi connectivity index (χ1n) is 10.2. The van der Waals surface area contributed by atoms with E-state index in [4.69, 9.17) is 0 Å². The Morgan fingerprint density at radius 1 is 1.11 bits per heavy atom. The number of carbonyl (C=O) groups excluding carboxylic acids is 3. The number of hydrogen-bond donors (Lipinski definition) is 1. The van der Waals surface area contributed by atoms with Crippen molar-refractivity contribution < 1.29 is 19.3 Å². The number of quaternary nitrogens is 1.